The molecule has 26 heavy (non-hydrogen) atoms. The number of aromatic amines is 1. The predicted octanol–water partition coefficient (Wildman–Crippen LogP) is 3.48. The zero-order valence-corrected chi connectivity index (χ0v) is 15.5. The molecular weight excluding hydrogens is 328 g/mol. The number of fused-ring (bicyclic) bond motifs is 1. The number of ether oxygens (including phenoxy) is 2. The van der Waals surface area contributed by atoms with Gasteiger partial charge in [0.05, 0.1) is 7.11 Å². The molecular formula is C21H26N2O3. The number of aromatic nitrogens is 1. The predicted molar refractivity (Wildman–Crippen MR) is 104 cm³/mol. The molecule has 0 saturated carbocycles. The number of H-pyrrole nitrogens is 1. The molecule has 0 bridgehead atoms. The number of rotatable bonds is 8. The largest absolute Gasteiger partial charge is 0.495 e. The number of hydrogen-bond donors (Lipinski definition) is 3. The van der Waals surface area contributed by atoms with Crippen molar-refractivity contribution in [3.63, 3.8) is 0 Å². The van der Waals surface area contributed by atoms with E-state index in [4.69, 9.17) is 9.47 Å². The van der Waals surface area contributed by atoms with Crippen LogP contribution in [0.5, 0.6) is 11.5 Å². The Morgan fingerprint density at radius 3 is 2.69 bits per heavy atom. The Morgan fingerprint density at radius 2 is 1.96 bits per heavy atom. The summed E-state index contributed by atoms with van der Waals surface area (Å²) in [7, 11) is 1.67. The molecule has 0 amide bonds. The average Bonchev–Trinajstić information content (AvgIpc) is 3.03. The summed E-state index contributed by atoms with van der Waals surface area (Å²) in [5.74, 6) is 1.58. The topological polar surface area (TPSA) is 66.5 Å². The lowest BCUT2D eigenvalue weighted by Crippen LogP contribution is -2.51. The summed E-state index contributed by atoms with van der Waals surface area (Å²) >= 11 is 0. The van der Waals surface area contributed by atoms with Gasteiger partial charge < -0.3 is 19.6 Å². The smallest absolute Gasteiger partial charge is 0.147 e. The molecule has 2 unspecified atom stereocenters. The van der Waals surface area contributed by atoms with E-state index in [1.807, 2.05) is 36.5 Å². The molecule has 138 valence electrons. The number of aliphatic hydroxyl groups is 1. The van der Waals surface area contributed by atoms with Gasteiger partial charge in [-0.3, -0.25) is 5.32 Å². The SMILES string of the molecule is COc1c[nH]c2ccc(CC(C)NC(C)(O)COc3ccccc3)cc12. The van der Waals surface area contributed by atoms with Crippen molar-refractivity contribution in [3.8, 4) is 11.5 Å². The van der Waals surface area contributed by atoms with Gasteiger partial charge in [-0.1, -0.05) is 24.3 Å². The second-order valence-corrected chi connectivity index (χ2v) is 6.86. The van der Waals surface area contributed by atoms with Crippen molar-refractivity contribution in [1.82, 2.24) is 10.3 Å². The molecule has 0 saturated heterocycles. The molecule has 3 aromatic rings. The molecule has 0 fully saturated rings. The highest BCUT2D eigenvalue weighted by Gasteiger charge is 2.23. The maximum absolute atomic E-state index is 10.6. The fourth-order valence-electron chi connectivity index (χ4n) is 3.16. The van der Waals surface area contributed by atoms with Crippen LogP contribution in [0.25, 0.3) is 10.9 Å². The highest BCUT2D eigenvalue weighted by molar-refractivity contribution is 5.86. The molecule has 0 spiro atoms. The highest BCUT2D eigenvalue weighted by Crippen LogP contribution is 2.26. The zero-order valence-electron chi connectivity index (χ0n) is 15.5. The quantitative estimate of drug-likeness (QED) is 0.542. The summed E-state index contributed by atoms with van der Waals surface area (Å²) in [6.07, 6.45) is 2.65. The molecule has 0 radical (unpaired) electrons. The van der Waals surface area contributed by atoms with Crippen LogP contribution in [0.1, 0.15) is 19.4 Å². The van der Waals surface area contributed by atoms with Gasteiger partial charge in [0, 0.05) is 23.1 Å². The average molecular weight is 354 g/mol. The fraction of sp³-hybridized carbons (Fsp3) is 0.333. The van der Waals surface area contributed by atoms with Crippen LogP contribution in [0.4, 0.5) is 0 Å². The summed E-state index contributed by atoms with van der Waals surface area (Å²) in [5.41, 5.74) is 1.11. The summed E-state index contributed by atoms with van der Waals surface area (Å²) in [5, 5.41) is 14.9. The molecule has 0 aliphatic carbocycles. The molecule has 5 nitrogen and oxygen atoms in total. The van der Waals surface area contributed by atoms with E-state index < -0.39 is 5.72 Å². The second-order valence-electron chi connectivity index (χ2n) is 6.86. The lowest BCUT2D eigenvalue weighted by molar-refractivity contribution is -0.0258. The van der Waals surface area contributed by atoms with Crippen molar-refractivity contribution in [2.75, 3.05) is 13.7 Å². The van der Waals surface area contributed by atoms with Gasteiger partial charge in [-0.25, -0.2) is 0 Å². The Balaban J connectivity index is 1.59. The van der Waals surface area contributed by atoms with E-state index in [0.29, 0.717) is 0 Å². The third kappa shape index (κ3) is 4.56. The molecule has 1 heterocycles. The molecule has 5 heteroatoms. The minimum atomic E-state index is -1.12. The maximum atomic E-state index is 10.6. The second kappa shape index (κ2) is 7.81. The van der Waals surface area contributed by atoms with E-state index >= 15 is 0 Å². The lowest BCUT2D eigenvalue weighted by atomic mass is 10.0. The first kappa shape index (κ1) is 18.3. The Labute approximate surface area is 154 Å². The first-order chi connectivity index (χ1) is 12.5. The van der Waals surface area contributed by atoms with E-state index in [-0.39, 0.29) is 12.6 Å². The van der Waals surface area contributed by atoms with E-state index in [0.717, 1.165) is 28.8 Å². The van der Waals surface area contributed by atoms with Crippen LogP contribution in [-0.2, 0) is 6.42 Å². The van der Waals surface area contributed by atoms with Crippen molar-refractivity contribution in [3.05, 3.63) is 60.3 Å². The number of hydrogen-bond acceptors (Lipinski definition) is 4. The Morgan fingerprint density at radius 1 is 1.19 bits per heavy atom. The molecule has 3 N–H and O–H groups in total. The minimum Gasteiger partial charge on any atom is -0.495 e. The first-order valence-electron chi connectivity index (χ1n) is 8.79. The fourth-order valence-corrected chi connectivity index (χ4v) is 3.16. The van der Waals surface area contributed by atoms with Crippen LogP contribution in [0.3, 0.4) is 0 Å². The summed E-state index contributed by atoms with van der Waals surface area (Å²) in [4.78, 5) is 3.19. The van der Waals surface area contributed by atoms with Gasteiger partial charge in [-0.05, 0) is 50.1 Å². The Kier molecular flexibility index (Phi) is 5.49. The van der Waals surface area contributed by atoms with Gasteiger partial charge in [0.1, 0.15) is 23.8 Å². The Bertz CT molecular complexity index is 843. The van der Waals surface area contributed by atoms with E-state index in [1.54, 1.807) is 14.0 Å². The van der Waals surface area contributed by atoms with E-state index in [9.17, 15) is 5.11 Å². The normalized spacial score (nSPS) is 14.8. The summed E-state index contributed by atoms with van der Waals surface area (Å²) < 4.78 is 11.0. The van der Waals surface area contributed by atoms with Gasteiger partial charge in [0.25, 0.3) is 0 Å². The van der Waals surface area contributed by atoms with Crippen LogP contribution in [-0.4, -0.2) is 35.6 Å². The highest BCUT2D eigenvalue weighted by atomic mass is 16.5. The van der Waals surface area contributed by atoms with Gasteiger partial charge in [0.15, 0.2) is 0 Å². The van der Waals surface area contributed by atoms with Gasteiger partial charge in [-0.2, -0.15) is 0 Å². The first-order valence-corrected chi connectivity index (χ1v) is 8.79. The third-order valence-electron chi connectivity index (χ3n) is 4.29. The van der Waals surface area contributed by atoms with Crippen molar-refractivity contribution in [2.45, 2.75) is 32.0 Å². The van der Waals surface area contributed by atoms with Crippen LogP contribution in [0, 0.1) is 0 Å². The molecule has 0 aliphatic heterocycles. The van der Waals surface area contributed by atoms with Gasteiger partial charge >= 0.3 is 0 Å². The molecule has 3 rings (SSSR count). The number of para-hydroxylation sites is 1. The van der Waals surface area contributed by atoms with Gasteiger partial charge in [-0.15, -0.1) is 0 Å². The van der Waals surface area contributed by atoms with Crippen molar-refractivity contribution >= 4 is 10.9 Å². The number of benzene rings is 2. The monoisotopic (exact) mass is 354 g/mol. The van der Waals surface area contributed by atoms with Crippen LogP contribution < -0.4 is 14.8 Å². The minimum absolute atomic E-state index is 0.0757. The summed E-state index contributed by atoms with van der Waals surface area (Å²) in [6, 6.07) is 15.8. The summed E-state index contributed by atoms with van der Waals surface area (Å²) in [6.45, 7) is 3.95. The molecule has 2 aromatic carbocycles. The maximum Gasteiger partial charge on any atom is 0.147 e. The third-order valence-corrected chi connectivity index (χ3v) is 4.29. The number of methoxy groups -OCH3 is 1. The molecule has 2 atom stereocenters. The van der Waals surface area contributed by atoms with E-state index in [2.05, 4.69) is 35.4 Å². The molecule has 1 aromatic heterocycles. The van der Waals surface area contributed by atoms with E-state index in [1.165, 1.54) is 5.56 Å². The standard InChI is InChI=1S/C21H26N2O3/c1-15(23-21(2,24)14-26-17-7-5-4-6-8-17)11-16-9-10-19-18(12-16)20(25-3)13-22-19/h4-10,12-13,15,22-24H,11,14H2,1-3H3. The van der Waals surface area contributed by atoms with Crippen LogP contribution in [0.15, 0.2) is 54.7 Å². The molecule has 0 aliphatic rings. The van der Waals surface area contributed by atoms with Crippen molar-refractivity contribution in [2.24, 2.45) is 0 Å². The number of nitrogens with one attached hydrogen (secondary N) is 2. The van der Waals surface area contributed by atoms with Crippen molar-refractivity contribution < 1.29 is 14.6 Å². The van der Waals surface area contributed by atoms with Gasteiger partial charge in [0.2, 0.25) is 0 Å². The van der Waals surface area contributed by atoms with Crippen molar-refractivity contribution in [1.29, 1.82) is 0 Å². The lowest BCUT2D eigenvalue weighted by Gasteiger charge is -2.29. The Hall–Kier alpha value is -2.50. The zero-order chi connectivity index (χ0) is 18.6. The van der Waals surface area contributed by atoms with Crippen LogP contribution in [0.2, 0.25) is 0 Å². The van der Waals surface area contributed by atoms with Crippen LogP contribution >= 0.6 is 0 Å².